The lowest BCUT2D eigenvalue weighted by atomic mass is 10.1. The van der Waals surface area contributed by atoms with Crippen LogP contribution in [0.2, 0.25) is 30.1 Å². The van der Waals surface area contributed by atoms with E-state index in [1.165, 1.54) is 0 Å². The summed E-state index contributed by atoms with van der Waals surface area (Å²) >= 11 is 37.4. The van der Waals surface area contributed by atoms with Crippen LogP contribution in [0, 0.1) is 0 Å². The molecular weight excluding hydrogens is 785 g/mol. The molecule has 8 nitrogen and oxygen atoms in total. The van der Waals surface area contributed by atoms with Gasteiger partial charge in [0, 0.05) is 44.3 Å². The maximum Gasteiger partial charge on any atom is 0.271 e. The van der Waals surface area contributed by atoms with Gasteiger partial charge in [0.1, 0.15) is 0 Å². The summed E-state index contributed by atoms with van der Waals surface area (Å²) in [5.74, 6) is -0.604. The molecule has 14 heteroatoms. The molecule has 2 amide bonds. The fourth-order valence-corrected chi connectivity index (χ4v) is 6.73. The molecule has 2 N–H and O–H groups in total. The average molecular weight is 815 g/mol. The summed E-state index contributed by atoms with van der Waals surface area (Å²) in [6.45, 7) is 0.933. The van der Waals surface area contributed by atoms with Crippen molar-refractivity contribution >= 4 is 81.4 Å². The van der Waals surface area contributed by atoms with Crippen molar-refractivity contribution in [1.82, 2.24) is 30.2 Å². The zero-order valence-electron chi connectivity index (χ0n) is 27.4. The zero-order valence-corrected chi connectivity index (χ0v) is 31.9. The van der Waals surface area contributed by atoms with Gasteiger partial charge in [-0.1, -0.05) is 107 Å². The van der Waals surface area contributed by atoms with E-state index in [-0.39, 0.29) is 23.2 Å². The highest BCUT2D eigenvalue weighted by atomic mass is 35.5. The summed E-state index contributed by atoms with van der Waals surface area (Å²) in [6.07, 6.45) is 3.21. The molecule has 0 saturated heterocycles. The summed E-state index contributed by atoms with van der Waals surface area (Å²) in [4.78, 5) is 26.3. The first kappa shape index (κ1) is 37.7. The Bertz CT molecular complexity index is 2060. The lowest BCUT2D eigenvalue weighted by molar-refractivity contribution is 0.0938. The van der Waals surface area contributed by atoms with Gasteiger partial charge in [0.05, 0.1) is 32.8 Å². The van der Waals surface area contributed by atoms with Crippen molar-refractivity contribution in [2.24, 2.45) is 0 Å². The number of rotatable bonds is 13. The van der Waals surface area contributed by atoms with E-state index in [1.807, 2.05) is 24.3 Å². The molecule has 0 atom stereocenters. The first-order chi connectivity index (χ1) is 25.1. The van der Waals surface area contributed by atoms with Gasteiger partial charge in [-0.2, -0.15) is 10.2 Å². The predicted molar refractivity (Wildman–Crippen MR) is 211 cm³/mol. The van der Waals surface area contributed by atoms with Crippen molar-refractivity contribution in [3.8, 4) is 33.9 Å². The quantitative estimate of drug-likeness (QED) is 0.114. The van der Waals surface area contributed by atoms with Crippen LogP contribution in [0.3, 0.4) is 0 Å². The monoisotopic (exact) mass is 812 g/mol. The van der Waals surface area contributed by atoms with E-state index in [9.17, 15) is 9.59 Å². The lowest BCUT2D eigenvalue weighted by Crippen LogP contribution is -2.25. The van der Waals surface area contributed by atoms with Crippen LogP contribution in [0.1, 0.15) is 46.7 Å². The van der Waals surface area contributed by atoms with Gasteiger partial charge >= 0.3 is 0 Å². The Balaban J connectivity index is 1.01. The molecule has 0 bridgehead atoms. The molecule has 0 aliphatic carbocycles. The standard InChI is InChI=1S/C38H30Cl6N6O2/c39-25-9-5-23(6-10-25)35-21-31(47-49(35)33-15-13-27(41)19-29(33)43)37(51)45-17-3-1-2-4-18-46-38(52)32-22-36(24-7-11-26(40)12-8-24)50(48-32)34-16-14-28(42)20-30(34)44/h5-16,19-22H,1-4,17-18H2,(H,45,51)(H,46,52). The molecule has 6 rings (SSSR count). The Labute approximate surface area is 330 Å². The summed E-state index contributed by atoms with van der Waals surface area (Å²) in [7, 11) is 0. The van der Waals surface area contributed by atoms with Crippen LogP contribution in [0.15, 0.2) is 97.1 Å². The van der Waals surface area contributed by atoms with Crippen LogP contribution in [0.4, 0.5) is 0 Å². The summed E-state index contributed by atoms with van der Waals surface area (Å²) < 4.78 is 3.25. The molecule has 6 aromatic rings. The van der Waals surface area contributed by atoms with Crippen molar-refractivity contribution in [2.45, 2.75) is 25.7 Å². The van der Waals surface area contributed by atoms with Crippen molar-refractivity contribution in [3.63, 3.8) is 0 Å². The van der Waals surface area contributed by atoms with E-state index in [0.717, 1.165) is 36.8 Å². The predicted octanol–water partition coefficient (Wildman–Crippen LogP) is 11.0. The second-order valence-electron chi connectivity index (χ2n) is 11.8. The third kappa shape index (κ3) is 9.12. The number of nitrogens with zero attached hydrogens (tertiary/aromatic N) is 4. The van der Waals surface area contributed by atoms with E-state index < -0.39 is 0 Å². The van der Waals surface area contributed by atoms with Gasteiger partial charge in [-0.05, 0) is 85.6 Å². The molecular formula is C38H30Cl6N6O2. The minimum Gasteiger partial charge on any atom is -0.351 e. The van der Waals surface area contributed by atoms with Crippen molar-refractivity contribution in [1.29, 1.82) is 0 Å². The second kappa shape index (κ2) is 17.2. The molecule has 0 fully saturated rings. The number of unbranched alkanes of at least 4 members (excludes halogenated alkanes) is 3. The Morgan fingerprint density at radius 3 is 1.21 bits per heavy atom. The first-order valence-corrected chi connectivity index (χ1v) is 18.5. The lowest BCUT2D eigenvalue weighted by Gasteiger charge is -2.10. The number of halogens is 6. The Morgan fingerprint density at radius 1 is 0.481 bits per heavy atom. The summed E-state index contributed by atoms with van der Waals surface area (Å²) in [6, 6.07) is 28.1. The number of hydrogen-bond donors (Lipinski definition) is 2. The van der Waals surface area contributed by atoms with Crippen LogP contribution in [-0.4, -0.2) is 44.5 Å². The number of carbonyl (C=O) groups is 2. The Hall–Kier alpha value is -4.02. The van der Waals surface area contributed by atoms with E-state index in [2.05, 4.69) is 20.8 Å². The molecule has 266 valence electrons. The summed E-state index contributed by atoms with van der Waals surface area (Å²) in [5, 5.41) is 18.0. The van der Waals surface area contributed by atoms with E-state index in [1.54, 1.807) is 82.2 Å². The van der Waals surface area contributed by atoms with E-state index in [0.29, 0.717) is 66.0 Å². The molecule has 0 radical (unpaired) electrons. The summed E-state index contributed by atoms with van der Waals surface area (Å²) in [5.41, 5.74) is 4.65. The Kier molecular flexibility index (Phi) is 12.5. The smallest absolute Gasteiger partial charge is 0.271 e. The van der Waals surface area contributed by atoms with Crippen LogP contribution < -0.4 is 10.6 Å². The van der Waals surface area contributed by atoms with Crippen LogP contribution in [0.25, 0.3) is 33.9 Å². The van der Waals surface area contributed by atoms with Gasteiger partial charge in [-0.25, -0.2) is 9.36 Å². The topological polar surface area (TPSA) is 93.8 Å². The molecule has 0 aliphatic heterocycles. The van der Waals surface area contributed by atoms with Gasteiger partial charge in [-0.15, -0.1) is 0 Å². The largest absolute Gasteiger partial charge is 0.351 e. The van der Waals surface area contributed by atoms with Crippen molar-refractivity contribution in [2.75, 3.05) is 13.1 Å². The van der Waals surface area contributed by atoms with Gasteiger partial charge in [0.2, 0.25) is 0 Å². The van der Waals surface area contributed by atoms with Crippen LogP contribution in [0.5, 0.6) is 0 Å². The maximum absolute atomic E-state index is 13.1. The molecule has 0 saturated carbocycles. The van der Waals surface area contributed by atoms with Crippen molar-refractivity contribution < 1.29 is 9.59 Å². The fourth-order valence-electron chi connectivity index (χ4n) is 5.50. The van der Waals surface area contributed by atoms with Gasteiger partial charge in [0.15, 0.2) is 11.4 Å². The number of nitrogens with one attached hydrogen (secondary N) is 2. The fraction of sp³-hybridized carbons (Fsp3) is 0.158. The molecule has 0 unspecified atom stereocenters. The normalized spacial score (nSPS) is 11.1. The highest BCUT2D eigenvalue weighted by molar-refractivity contribution is 6.36. The zero-order chi connectivity index (χ0) is 36.8. The van der Waals surface area contributed by atoms with Crippen LogP contribution >= 0.6 is 69.6 Å². The van der Waals surface area contributed by atoms with Crippen molar-refractivity contribution in [3.05, 3.63) is 139 Å². The van der Waals surface area contributed by atoms with Gasteiger partial charge in [-0.3, -0.25) is 9.59 Å². The third-order valence-electron chi connectivity index (χ3n) is 8.11. The molecule has 52 heavy (non-hydrogen) atoms. The highest BCUT2D eigenvalue weighted by Crippen LogP contribution is 2.32. The maximum atomic E-state index is 13.1. The molecule has 2 heterocycles. The molecule has 0 spiro atoms. The third-order valence-corrected chi connectivity index (χ3v) is 9.69. The number of benzene rings is 4. The Morgan fingerprint density at radius 2 is 0.846 bits per heavy atom. The minimum absolute atomic E-state index is 0.249. The highest BCUT2D eigenvalue weighted by Gasteiger charge is 2.20. The molecule has 2 aromatic heterocycles. The van der Waals surface area contributed by atoms with Gasteiger partial charge in [0.25, 0.3) is 11.8 Å². The average Bonchev–Trinajstić information content (AvgIpc) is 3.76. The second-order valence-corrected chi connectivity index (χ2v) is 14.3. The van der Waals surface area contributed by atoms with Crippen LogP contribution in [-0.2, 0) is 0 Å². The first-order valence-electron chi connectivity index (χ1n) is 16.3. The number of amides is 2. The SMILES string of the molecule is O=C(NCCCCCCNC(=O)c1cc(-c2ccc(Cl)cc2)n(-c2ccc(Cl)cc2Cl)n1)c1cc(-c2ccc(Cl)cc2)n(-c2ccc(Cl)cc2Cl)n1. The van der Waals surface area contributed by atoms with E-state index in [4.69, 9.17) is 69.6 Å². The van der Waals surface area contributed by atoms with Gasteiger partial charge < -0.3 is 10.6 Å². The number of hydrogen-bond acceptors (Lipinski definition) is 4. The molecule has 0 aliphatic rings. The number of aromatic nitrogens is 4. The molecule has 4 aromatic carbocycles. The van der Waals surface area contributed by atoms with E-state index >= 15 is 0 Å². The number of carbonyl (C=O) groups excluding carboxylic acids is 2. The minimum atomic E-state index is -0.302.